The van der Waals surface area contributed by atoms with E-state index in [9.17, 15) is 0 Å². The Morgan fingerprint density at radius 1 is 0.824 bits per heavy atom. The van der Waals surface area contributed by atoms with E-state index in [2.05, 4.69) is 122 Å². The lowest BCUT2D eigenvalue weighted by atomic mass is 9.59. The van der Waals surface area contributed by atoms with E-state index in [0.717, 1.165) is 12.2 Å². The Kier molecular flexibility index (Phi) is 4.99. The van der Waals surface area contributed by atoms with Gasteiger partial charge in [0.2, 0.25) is 0 Å². The summed E-state index contributed by atoms with van der Waals surface area (Å²) >= 11 is 0. The highest BCUT2D eigenvalue weighted by Gasteiger charge is 2.49. The quantitative estimate of drug-likeness (QED) is 0.390. The number of fused-ring (bicyclic) bond motifs is 2. The van der Waals surface area contributed by atoms with Crippen LogP contribution < -0.4 is 4.74 Å². The molecule has 0 bridgehead atoms. The predicted octanol–water partition coefficient (Wildman–Crippen LogP) is 8.04. The van der Waals surface area contributed by atoms with Gasteiger partial charge >= 0.3 is 0 Å². The molecule has 2 unspecified atom stereocenters. The summed E-state index contributed by atoms with van der Waals surface area (Å²) in [5, 5.41) is 0. The van der Waals surface area contributed by atoms with Crippen LogP contribution in [0.15, 0.2) is 126 Å². The average Bonchev–Trinajstić information content (AvgIpc) is 3.51. The fourth-order valence-electron chi connectivity index (χ4n) is 5.91. The molecule has 1 nitrogen and oxygen atoms in total. The normalized spacial score (nSPS) is 22.4. The molecule has 34 heavy (non-hydrogen) atoms. The lowest BCUT2D eigenvalue weighted by Gasteiger charge is -2.43. The fourth-order valence-corrected chi connectivity index (χ4v) is 5.91. The minimum Gasteiger partial charge on any atom is -0.497 e. The first-order chi connectivity index (χ1) is 16.7. The molecule has 0 heterocycles. The number of allylic oxidation sites excluding steroid dienone is 9. The molecule has 3 aromatic rings. The third-order valence-electron chi connectivity index (χ3n) is 7.53. The van der Waals surface area contributed by atoms with E-state index in [1.54, 1.807) is 7.11 Å². The third kappa shape index (κ3) is 3.08. The van der Waals surface area contributed by atoms with E-state index in [4.69, 9.17) is 4.74 Å². The minimum absolute atomic E-state index is 0.162. The molecule has 6 rings (SSSR count). The van der Waals surface area contributed by atoms with Crippen LogP contribution in [0.25, 0.3) is 11.6 Å². The molecular weight excluding hydrogens is 412 g/mol. The van der Waals surface area contributed by atoms with E-state index >= 15 is 0 Å². The van der Waals surface area contributed by atoms with Crippen molar-refractivity contribution in [3.63, 3.8) is 0 Å². The van der Waals surface area contributed by atoms with Crippen LogP contribution in [0, 0.1) is 0 Å². The number of hydrogen-bond acceptors (Lipinski definition) is 1. The number of benzene rings is 3. The van der Waals surface area contributed by atoms with Gasteiger partial charge in [-0.25, -0.2) is 0 Å². The molecule has 0 radical (unpaired) electrons. The molecular formula is C33H28O. The average molecular weight is 441 g/mol. The van der Waals surface area contributed by atoms with Gasteiger partial charge in [0.1, 0.15) is 5.75 Å². The molecule has 3 aliphatic rings. The molecule has 0 fully saturated rings. The SMILES string of the molecule is CCC1=CC2=CC=CC(c3ccccc3)(C3C(c4ccc(OC)cc4)=Cc4ccccc43)C2=C1. The standard InChI is InChI=1S/C33H28O/c1-3-23-20-26-11-9-19-33(31(26)21-23,27-12-5-4-6-13-27)32-29-14-8-7-10-25(29)22-30(32)24-15-17-28(34-2)18-16-24/h4-22,32H,3H2,1-2H3. The highest BCUT2D eigenvalue weighted by molar-refractivity contribution is 5.94. The van der Waals surface area contributed by atoms with Crippen LogP contribution >= 0.6 is 0 Å². The second-order valence-corrected chi connectivity index (χ2v) is 9.24. The van der Waals surface area contributed by atoms with Crippen molar-refractivity contribution in [2.24, 2.45) is 0 Å². The van der Waals surface area contributed by atoms with Gasteiger partial charge in [-0.1, -0.05) is 110 Å². The predicted molar refractivity (Wildman–Crippen MR) is 142 cm³/mol. The maximum Gasteiger partial charge on any atom is 0.118 e. The molecule has 2 atom stereocenters. The zero-order valence-electron chi connectivity index (χ0n) is 19.7. The molecule has 1 heteroatoms. The Balaban J connectivity index is 1.62. The van der Waals surface area contributed by atoms with Gasteiger partial charge in [-0.2, -0.15) is 0 Å². The van der Waals surface area contributed by atoms with E-state index in [-0.39, 0.29) is 11.3 Å². The van der Waals surface area contributed by atoms with Crippen molar-refractivity contribution in [3.05, 3.63) is 148 Å². The molecule has 3 aromatic carbocycles. The van der Waals surface area contributed by atoms with Crippen LogP contribution in [-0.2, 0) is 5.41 Å². The molecule has 3 aliphatic carbocycles. The van der Waals surface area contributed by atoms with Crippen molar-refractivity contribution in [1.82, 2.24) is 0 Å². The zero-order chi connectivity index (χ0) is 23.1. The Bertz CT molecular complexity index is 1400. The van der Waals surface area contributed by atoms with Crippen LogP contribution in [-0.4, -0.2) is 7.11 Å². The van der Waals surface area contributed by atoms with Gasteiger partial charge in [0.15, 0.2) is 0 Å². The molecule has 0 N–H and O–H groups in total. The third-order valence-corrected chi connectivity index (χ3v) is 7.53. The molecule has 0 aliphatic heterocycles. The van der Waals surface area contributed by atoms with Crippen molar-refractivity contribution in [2.45, 2.75) is 24.7 Å². The highest BCUT2D eigenvalue weighted by Crippen LogP contribution is 2.59. The first kappa shape index (κ1) is 20.7. The summed E-state index contributed by atoms with van der Waals surface area (Å²) in [7, 11) is 1.72. The maximum absolute atomic E-state index is 5.45. The second-order valence-electron chi connectivity index (χ2n) is 9.24. The lowest BCUT2D eigenvalue weighted by molar-refractivity contribution is 0.415. The van der Waals surface area contributed by atoms with E-state index in [0.29, 0.717) is 0 Å². The maximum atomic E-state index is 5.45. The summed E-state index contributed by atoms with van der Waals surface area (Å²) in [5.74, 6) is 1.04. The molecule has 166 valence electrons. The minimum atomic E-state index is -0.295. The number of methoxy groups -OCH3 is 1. The van der Waals surface area contributed by atoms with Crippen LogP contribution in [0.2, 0.25) is 0 Å². The first-order valence-electron chi connectivity index (χ1n) is 12.1. The summed E-state index contributed by atoms with van der Waals surface area (Å²) in [6.07, 6.45) is 15.2. The van der Waals surface area contributed by atoms with Gasteiger partial charge in [-0.05, 0) is 63.1 Å². The van der Waals surface area contributed by atoms with Crippen molar-refractivity contribution in [1.29, 1.82) is 0 Å². The summed E-state index contributed by atoms with van der Waals surface area (Å²) in [4.78, 5) is 0. The lowest BCUT2D eigenvalue weighted by Crippen LogP contribution is -2.35. The van der Waals surface area contributed by atoms with E-state index in [1.807, 2.05) is 0 Å². The van der Waals surface area contributed by atoms with Crippen LogP contribution in [0.3, 0.4) is 0 Å². The highest BCUT2D eigenvalue weighted by atomic mass is 16.5. The first-order valence-corrected chi connectivity index (χ1v) is 12.1. The Hall–Kier alpha value is -3.84. The summed E-state index contributed by atoms with van der Waals surface area (Å²) in [6.45, 7) is 2.24. The Morgan fingerprint density at radius 3 is 2.35 bits per heavy atom. The topological polar surface area (TPSA) is 9.23 Å². The Morgan fingerprint density at radius 2 is 1.59 bits per heavy atom. The smallest absolute Gasteiger partial charge is 0.118 e. The fraction of sp³-hybridized carbons (Fsp3) is 0.152. The van der Waals surface area contributed by atoms with Gasteiger partial charge in [0, 0.05) is 11.3 Å². The molecule has 0 saturated heterocycles. The largest absolute Gasteiger partial charge is 0.497 e. The van der Waals surface area contributed by atoms with Crippen molar-refractivity contribution in [2.75, 3.05) is 7.11 Å². The van der Waals surface area contributed by atoms with Crippen molar-refractivity contribution in [3.8, 4) is 5.75 Å². The molecule has 0 spiro atoms. The van der Waals surface area contributed by atoms with Gasteiger partial charge in [-0.15, -0.1) is 0 Å². The molecule has 0 aromatic heterocycles. The monoisotopic (exact) mass is 440 g/mol. The van der Waals surface area contributed by atoms with Gasteiger partial charge in [0.05, 0.1) is 7.11 Å². The summed E-state index contributed by atoms with van der Waals surface area (Å²) in [6, 6.07) is 28.5. The second kappa shape index (κ2) is 8.18. The van der Waals surface area contributed by atoms with Crippen LogP contribution in [0.1, 0.15) is 41.5 Å². The molecule has 0 amide bonds. The van der Waals surface area contributed by atoms with Gasteiger partial charge < -0.3 is 4.74 Å². The van der Waals surface area contributed by atoms with E-state index < -0.39 is 0 Å². The number of ether oxygens (including phenoxy) is 1. The van der Waals surface area contributed by atoms with E-state index in [1.165, 1.54) is 44.5 Å². The van der Waals surface area contributed by atoms with Gasteiger partial charge in [0.25, 0.3) is 0 Å². The van der Waals surface area contributed by atoms with Crippen molar-refractivity contribution >= 4 is 11.6 Å². The summed E-state index contributed by atoms with van der Waals surface area (Å²) < 4.78 is 5.45. The van der Waals surface area contributed by atoms with Crippen LogP contribution in [0.4, 0.5) is 0 Å². The van der Waals surface area contributed by atoms with Crippen molar-refractivity contribution < 1.29 is 4.74 Å². The van der Waals surface area contributed by atoms with Crippen LogP contribution in [0.5, 0.6) is 5.75 Å². The number of rotatable bonds is 5. The zero-order valence-corrected chi connectivity index (χ0v) is 19.7. The number of hydrogen-bond donors (Lipinski definition) is 0. The molecule has 0 saturated carbocycles. The Labute approximate surface area is 202 Å². The summed E-state index contributed by atoms with van der Waals surface area (Å²) in [5.41, 5.74) is 10.4. The van der Waals surface area contributed by atoms with Gasteiger partial charge in [-0.3, -0.25) is 0 Å².